The summed E-state index contributed by atoms with van der Waals surface area (Å²) in [6.45, 7) is 5.18. The first kappa shape index (κ1) is 19.5. The molecule has 0 radical (unpaired) electrons. The first-order valence-electron chi connectivity index (χ1n) is 10.2. The van der Waals surface area contributed by atoms with E-state index < -0.39 is 0 Å². The highest BCUT2D eigenvalue weighted by Crippen LogP contribution is 2.24. The number of aromatic nitrogens is 3. The molecule has 1 aliphatic heterocycles. The van der Waals surface area contributed by atoms with Gasteiger partial charge in [-0.3, -0.25) is 4.98 Å². The zero-order valence-electron chi connectivity index (χ0n) is 17.1. The lowest BCUT2D eigenvalue weighted by molar-refractivity contribution is 0.206. The molecule has 29 heavy (non-hydrogen) atoms. The number of ether oxygens (including phenoxy) is 1. The van der Waals surface area contributed by atoms with Crippen molar-refractivity contribution in [2.24, 2.45) is 0 Å². The summed E-state index contributed by atoms with van der Waals surface area (Å²) in [5.74, 6) is 1.80. The van der Waals surface area contributed by atoms with E-state index in [9.17, 15) is 4.79 Å². The Bertz CT molecular complexity index is 989. The highest BCUT2D eigenvalue weighted by atomic mass is 16.5. The van der Waals surface area contributed by atoms with Crippen LogP contribution in [0.4, 0.5) is 0 Å². The standard InChI is InChI=1S/C23H28N4O2/c1-17-5-7-18(8-6-17)13-15-26-14-3-4-19(16-26)22-24-23(28)27(25-22)20-9-11-21(29-2)12-10-20/h5-12,19H,3-4,13-16H2,1-2H3,(H,24,25,28)/t19-/m0/s1. The van der Waals surface area contributed by atoms with Crippen molar-refractivity contribution in [3.05, 3.63) is 76.0 Å². The molecule has 0 bridgehead atoms. The second-order valence-electron chi connectivity index (χ2n) is 7.80. The van der Waals surface area contributed by atoms with Crippen molar-refractivity contribution in [3.63, 3.8) is 0 Å². The van der Waals surface area contributed by atoms with Gasteiger partial charge < -0.3 is 9.64 Å². The summed E-state index contributed by atoms with van der Waals surface area (Å²) in [6, 6.07) is 16.1. The van der Waals surface area contributed by atoms with Gasteiger partial charge in [-0.15, -0.1) is 5.10 Å². The van der Waals surface area contributed by atoms with Gasteiger partial charge in [-0.1, -0.05) is 29.8 Å². The van der Waals surface area contributed by atoms with Crippen LogP contribution >= 0.6 is 0 Å². The van der Waals surface area contributed by atoms with E-state index in [0.717, 1.165) is 56.2 Å². The molecular formula is C23H28N4O2. The Hall–Kier alpha value is -2.86. The van der Waals surface area contributed by atoms with Gasteiger partial charge in [-0.25, -0.2) is 4.79 Å². The van der Waals surface area contributed by atoms with Gasteiger partial charge in [0.1, 0.15) is 11.6 Å². The third-order valence-corrected chi connectivity index (χ3v) is 5.68. The number of rotatable bonds is 6. The number of methoxy groups -OCH3 is 1. The van der Waals surface area contributed by atoms with E-state index in [1.807, 2.05) is 24.3 Å². The second kappa shape index (κ2) is 8.66. The Morgan fingerprint density at radius 3 is 2.62 bits per heavy atom. The molecule has 1 N–H and O–H groups in total. The van der Waals surface area contributed by atoms with Crippen LogP contribution in [0.2, 0.25) is 0 Å². The summed E-state index contributed by atoms with van der Waals surface area (Å²) in [4.78, 5) is 17.9. The second-order valence-corrected chi connectivity index (χ2v) is 7.80. The van der Waals surface area contributed by atoms with E-state index in [0.29, 0.717) is 0 Å². The minimum atomic E-state index is -0.193. The molecule has 3 aromatic rings. The molecule has 4 rings (SSSR count). The van der Waals surface area contributed by atoms with E-state index in [1.165, 1.54) is 15.8 Å². The summed E-state index contributed by atoms with van der Waals surface area (Å²) >= 11 is 0. The van der Waals surface area contributed by atoms with E-state index >= 15 is 0 Å². The van der Waals surface area contributed by atoms with Crippen LogP contribution in [0.3, 0.4) is 0 Å². The lowest BCUT2D eigenvalue weighted by Gasteiger charge is -2.31. The summed E-state index contributed by atoms with van der Waals surface area (Å²) < 4.78 is 6.63. The molecule has 0 saturated carbocycles. The number of H-pyrrole nitrogens is 1. The van der Waals surface area contributed by atoms with E-state index in [-0.39, 0.29) is 11.6 Å². The smallest absolute Gasteiger partial charge is 0.348 e. The SMILES string of the molecule is COc1ccc(-n2nc([C@H]3CCCN(CCc4ccc(C)cc4)C3)[nH]c2=O)cc1. The van der Waals surface area contributed by atoms with Crippen molar-refractivity contribution in [3.8, 4) is 11.4 Å². The number of nitrogens with zero attached hydrogens (tertiary/aromatic N) is 3. The van der Waals surface area contributed by atoms with E-state index in [1.54, 1.807) is 7.11 Å². The molecule has 6 nitrogen and oxygen atoms in total. The monoisotopic (exact) mass is 392 g/mol. The van der Waals surface area contributed by atoms with Gasteiger partial charge in [0.15, 0.2) is 0 Å². The number of aryl methyl sites for hydroxylation is 1. The maximum Gasteiger partial charge on any atom is 0.348 e. The molecule has 1 aliphatic rings. The molecule has 0 aliphatic carbocycles. The molecule has 2 aromatic carbocycles. The maximum absolute atomic E-state index is 12.5. The van der Waals surface area contributed by atoms with Crippen LogP contribution < -0.4 is 10.4 Å². The zero-order chi connectivity index (χ0) is 20.2. The number of aromatic amines is 1. The molecule has 6 heteroatoms. The fourth-order valence-electron chi connectivity index (χ4n) is 3.95. The number of hydrogen-bond donors (Lipinski definition) is 1. The van der Waals surface area contributed by atoms with Crippen molar-refractivity contribution < 1.29 is 4.74 Å². The van der Waals surface area contributed by atoms with Gasteiger partial charge in [0.2, 0.25) is 0 Å². The van der Waals surface area contributed by atoms with Crippen molar-refractivity contribution >= 4 is 0 Å². The quantitative estimate of drug-likeness (QED) is 0.699. The largest absolute Gasteiger partial charge is 0.497 e. The Kier molecular flexibility index (Phi) is 5.81. The zero-order valence-corrected chi connectivity index (χ0v) is 17.1. The predicted molar refractivity (Wildman–Crippen MR) is 114 cm³/mol. The first-order valence-corrected chi connectivity index (χ1v) is 10.2. The molecule has 0 spiro atoms. The van der Waals surface area contributed by atoms with Crippen LogP contribution in [0.5, 0.6) is 5.75 Å². The van der Waals surface area contributed by atoms with Gasteiger partial charge in [0, 0.05) is 19.0 Å². The molecule has 0 unspecified atom stereocenters. The van der Waals surface area contributed by atoms with Crippen LogP contribution in [-0.4, -0.2) is 46.4 Å². The van der Waals surface area contributed by atoms with E-state index in [4.69, 9.17) is 4.74 Å². The number of hydrogen-bond acceptors (Lipinski definition) is 4. The number of benzene rings is 2. The molecule has 1 fully saturated rings. The van der Waals surface area contributed by atoms with Gasteiger partial charge in [0.25, 0.3) is 0 Å². The molecule has 2 heterocycles. The highest BCUT2D eigenvalue weighted by molar-refractivity contribution is 5.36. The van der Waals surface area contributed by atoms with Gasteiger partial charge in [-0.2, -0.15) is 4.68 Å². The van der Waals surface area contributed by atoms with Crippen LogP contribution in [0.1, 0.15) is 35.7 Å². The summed E-state index contributed by atoms with van der Waals surface area (Å²) in [5, 5.41) is 4.60. The van der Waals surface area contributed by atoms with Crippen molar-refractivity contribution in [1.82, 2.24) is 19.7 Å². The van der Waals surface area contributed by atoms with Crippen LogP contribution in [0.25, 0.3) is 5.69 Å². The Morgan fingerprint density at radius 1 is 1.14 bits per heavy atom. The molecule has 0 amide bonds. The fourth-order valence-corrected chi connectivity index (χ4v) is 3.95. The Labute approximate surface area is 171 Å². The van der Waals surface area contributed by atoms with Gasteiger partial charge in [0.05, 0.1) is 12.8 Å². The lowest BCUT2D eigenvalue weighted by Crippen LogP contribution is -2.36. The Morgan fingerprint density at radius 2 is 1.90 bits per heavy atom. The molecular weight excluding hydrogens is 364 g/mol. The topological polar surface area (TPSA) is 63.1 Å². The normalized spacial score (nSPS) is 17.4. The Balaban J connectivity index is 1.42. The summed E-state index contributed by atoms with van der Waals surface area (Å²) in [7, 11) is 1.63. The van der Waals surface area contributed by atoms with Crippen molar-refractivity contribution in [2.75, 3.05) is 26.7 Å². The molecule has 1 saturated heterocycles. The average Bonchev–Trinajstić information content (AvgIpc) is 3.15. The minimum absolute atomic E-state index is 0.193. The van der Waals surface area contributed by atoms with Crippen molar-refractivity contribution in [1.29, 1.82) is 0 Å². The van der Waals surface area contributed by atoms with Crippen LogP contribution in [0.15, 0.2) is 53.3 Å². The summed E-state index contributed by atoms with van der Waals surface area (Å²) in [6.07, 6.45) is 3.22. The highest BCUT2D eigenvalue weighted by Gasteiger charge is 2.24. The summed E-state index contributed by atoms with van der Waals surface area (Å²) in [5.41, 5.74) is 3.21. The molecule has 1 atom stereocenters. The lowest BCUT2D eigenvalue weighted by atomic mass is 9.97. The molecule has 152 valence electrons. The first-order chi connectivity index (χ1) is 14.1. The van der Waals surface area contributed by atoms with Crippen molar-refractivity contribution in [2.45, 2.75) is 32.1 Å². The third kappa shape index (κ3) is 4.59. The van der Waals surface area contributed by atoms with Crippen LogP contribution in [-0.2, 0) is 6.42 Å². The van der Waals surface area contributed by atoms with E-state index in [2.05, 4.69) is 46.2 Å². The fraction of sp³-hybridized carbons (Fsp3) is 0.391. The third-order valence-electron chi connectivity index (χ3n) is 5.68. The predicted octanol–water partition coefficient (Wildman–Crippen LogP) is 3.30. The maximum atomic E-state index is 12.5. The number of piperidine rings is 1. The average molecular weight is 393 g/mol. The van der Waals surface area contributed by atoms with Gasteiger partial charge in [-0.05, 0) is 62.6 Å². The van der Waals surface area contributed by atoms with Gasteiger partial charge >= 0.3 is 5.69 Å². The molecule has 1 aromatic heterocycles. The van der Waals surface area contributed by atoms with Crippen LogP contribution in [0, 0.1) is 6.92 Å². The number of likely N-dealkylation sites (tertiary alicyclic amines) is 1. The minimum Gasteiger partial charge on any atom is -0.497 e. The number of nitrogens with one attached hydrogen (secondary N) is 1.